The number of rotatable bonds is 6. The van der Waals surface area contributed by atoms with Crippen molar-refractivity contribution in [1.29, 1.82) is 0 Å². The number of benzene rings is 1. The summed E-state index contributed by atoms with van der Waals surface area (Å²) in [7, 11) is 0. The zero-order valence-corrected chi connectivity index (χ0v) is 11.6. The molecule has 17 heavy (non-hydrogen) atoms. The Morgan fingerprint density at radius 2 is 2.00 bits per heavy atom. The summed E-state index contributed by atoms with van der Waals surface area (Å²) in [6.45, 7) is 6.77. The van der Waals surface area contributed by atoms with Crippen molar-refractivity contribution in [3.05, 3.63) is 35.4 Å². The molecule has 3 heteroatoms. The van der Waals surface area contributed by atoms with E-state index in [0.29, 0.717) is 6.54 Å². The lowest BCUT2D eigenvalue weighted by molar-refractivity contribution is -0.120. The van der Waals surface area contributed by atoms with Gasteiger partial charge in [0.1, 0.15) is 0 Å². The van der Waals surface area contributed by atoms with Crippen molar-refractivity contribution in [2.45, 2.75) is 39.0 Å². The van der Waals surface area contributed by atoms with Gasteiger partial charge in [-0.05, 0) is 31.6 Å². The van der Waals surface area contributed by atoms with Crippen LogP contribution in [0, 0.1) is 6.92 Å². The van der Waals surface area contributed by atoms with Gasteiger partial charge < -0.3 is 5.32 Å². The van der Waals surface area contributed by atoms with Crippen LogP contribution in [-0.4, -0.2) is 16.9 Å². The SMILES string of the molecule is CCCSC(C)C(=O)NCc1ccc(C)cc1. The topological polar surface area (TPSA) is 29.1 Å². The highest BCUT2D eigenvalue weighted by atomic mass is 32.2. The van der Waals surface area contributed by atoms with Gasteiger partial charge in [0, 0.05) is 6.54 Å². The number of aryl methyl sites for hydroxylation is 1. The van der Waals surface area contributed by atoms with Crippen LogP contribution in [0.25, 0.3) is 0 Å². The number of thioether (sulfide) groups is 1. The number of hydrogen-bond acceptors (Lipinski definition) is 2. The van der Waals surface area contributed by atoms with Crippen molar-refractivity contribution >= 4 is 17.7 Å². The zero-order valence-electron chi connectivity index (χ0n) is 10.8. The molecule has 0 saturated heterocycles. The Balaban J connectivity index is 2.34. The average Bonchev–Trinajstić information content (AvgIpc) is 2.34. The molecule has 1 aromatic carbocycles. The lowest BCUT2D eigenvalue weighted by Gasteiger charge is -2.11. The highest BCUT2D eigenvalue weighted by molar-refractivity contribution is 8.00. The lowest BCUT2D eigenvalue weighted by atomic mass is 10.1. The molecule has 0 radical (unpaired) electrons. The molecule has 0 aliphatic heterocycles. The first-order chi connectivity index (χ1) is 8.13. The molecule has 2 nitrogen and oxygen atoms in total. The number of carbonyl (C=O) groups is 1. The zero-order chi connectivity index (χ0) is 12.7. The van der Waals surface area contributed by atoms with Gasteiger partial charge in [-0.1, -0.05) is 36.8 Å². The first kappa shape index (κ1) is 14.1. The van der Waals surface area contributed by atoms with Crippen molar-refractivity contribution in [3.8, 4) is 0 Å². The van der Waals surface area contributed by atoms with Crippen LogP contribution in [0.2, 0.25) is 0 Å². The summed E-state index contributed by atoms with van der Waals surface area (Å²) < 4.78 is 0. The quantitative estimate of drug-likeness (QED) is 0.841. The largest absolute Gasteiger partial charge is 0.351 e. The maximum absolute atomic E-state index is 11.8. The van der Waals surface area contributed by atoms with Gasteiger partial charge in [-0.3, -0.25) is 4.79 Å². The van der Waals surface area contributed by atoms with Gasteiger partial charge >= 0.3 is 0 Å². The summed E-state index contributed by atoms with van der Waals surface area (Å²) in [6.07, 6.45) is 1.11. The minimum Gasteiger partial charge on any atom is -0.351 e. The van der Waals surface area contributed by atoms with Gasteiger partial charge in [-0.2, -0.15) is 0 Å². The third kappa shape index (κ3) is 5.26. The van der Waals surface area contributed by atoms with Crippen LogP contribution in [0.3, 0.4) is 0 Å². The van der Waals surface area contributed by atoms with Crippen LogP contribution in [0.1, 0.15) is 31.4 Å². The van der Waals surface area contributed by atoms with Crippen LogP contribution < -0.4 is 5.32 Å². The van der Waals surface area contributed by atoms with Crippen LogP contribution in [0.4, 0.5) is 0 Å². The molecule has 1 N–H and O–H groups in total. The van der Waals surface area contributed by atoms with E-state index in [1.54, 1.807) is 11.8 Å². The smallest absolute Gasteiger partial charge is 0.233 e. The minimum absolute atomic E-state index is 0.0420. The van der Waals surface area contributed by atoms with Crippen LogP contribution in [-0.2, 0) is 11.3 Å². The van der Waals surface area contributed by atoms with Gasteiger partial charge in [0.2, 0.25) is 5.91 Å². The maximum atomic E-state index is 11.8. The highest BCUT2D eigenvalue weighted by Crippen LogP contribution is 2.11. The monoisotopic (exact) mass is 251 g/mol. The molecular formula is C14H21NOS. The second kappa shape index (κ2) is 7.38. The van der Waals surface area contributed by atoms with Gasteiger partial charge in [0.05, 0.1) is 5.25 Å². The Hall–Kier alpha value is -0.960. The summed E-state index contributed by atoms with van der Waals surface area (Å²) in [4.78, 5) is 11.8. The van der Waals surface area contributed by atoms with Crippen molar-refractivity contribution in [2.24, 2.45) is 0 Å². The second-order valence-electron chi connectivity index (χ2n) is 4.22. The van der Waals surface area contributed by atoms with Crippen molar-refractivity contribution in [3.63, 3.8) is 0 Å². The Bertz CT molecular complexity index is 348. The van der Waals surface area contributed by atoms with Crippen molar-refractivity contribution < 1.29 is 4.79 Å². The van der Waals surface area contributed by atoms with E-state index < -0.39 is 0 Å². The molecule has 0 saturated carbocycles. The summed E-state index contributed by atoms with van der Waals surface area (Å²) >= 11 is 1.71. The molecule has 0 aromatic heterocycles. The molecule has 94 valence electrons. The van der Waals surface area contributed by atoms with Crippen molar-refractivity contribution in [1.82, 2.24) is 5.32 Å². The number of carbonyl (C=O) groups excluding carboxylic acids is 1. The average molecular weight is 251 g/mol. The molecule has 0 aliphatic rings. The van der Waals surface area contributed by atoms with E-state index in [2.05, 4.69) is 43.4 Å². The molecule has 1 amide bonds. The van der Waals surface area contributed by atoms with Gasteiger partial charge in [-0.15, -0.1) is 11.8 Å². The normalized spacial score (nSPS) is 12.2. The lowest BCUT2D eigenvalue weighted by Crippen LogP contribution is -2.30. The molecule has 0 aliphatic carbocycles. The molecule has 0 spiro atoms. The second-order valence-corrected chi connectivity index (χ2v) is 5.67. The Kier molecular flexibility index (Phi) is 6.12. The van der Waals surface area contributed by atoms with E-state index in [4.69, 9.17) is 0 Å². The van der Waals surface area contributed by atoms with Crippen LogP contribution in [0.5, 0.6) is 0 Å². The summed E-state index contributed by atoms with van der Waals surface area (Å²) in [6, 6.07) is 8.24. The molecule has 1 atom stereocenters. The third-order valence-electron chi connectivity index (χ3n) is 2.53. The molecule has 1 unspecified atom stereocenters. The van der Waals surface area contributed by atoms with Gasteiger partial charge in [-0.25, -0.2) is 0 Å². The molecule has 0 heterocycles. The number of amides is 1. The molecule has 0 fully saturated rings. The fraction of sp³-hybridized carbons (Fsp3) is 0.500. The molecule has 0 bridgehead atoms. The van der Waals surface area contributed by atoms with E-state index in [9.17, 15) is 4.79 Å². The number of nitrogens with one attached hydrogen (secondary N) is 1. The van der Waals surface area contributed by atoms with E-state index >= 15 is 0 Å². The van der Waals surface area contributed by atoms with Gasteiger partial charge in [0.25, 0.3) is 0 Å². The Labute approximate surface area is 108 Å². The van der Waals surface area contributed by atoms with E-state index in [1.165, 1.54) is 5.56 Å². The Morgan fingerprint density at radius 1 is 1.35 bits per heavy atom. The Morgan fingerprint density at radius 3 is 2.59 bits per heavy atom. The van der Waals surface area contributed by atoms with E-state index in [1.807, 2.05) is 6.92 Å². The van der Waals surface area contributed by atoms with E-state index in [-0.39, 0.29) is 11.2 Å². The first-order valence-electron chi connectivity index (χ1n) is 6.08. The minimum atomic E-state index is 0.0420. The van der Waals surface area contributed by atoms with Gasteiger partial charge in [0.15, 0.2) is 0 Å². The van der Waals surface area contributed by atoms with Crippen molar-refractivity contribution in [2.75, 3.05) is 5.75 Å². The summed E-state index contributed by atoms with van der Waals surface area (Å²) in [5.74, 6) is 1.17. The maximum Gasteiger partial charge on any atom is 0.233 e. The predicted molar refractivity (Wildman–Crippen MR) is 75.2 cm³/mol. The van der Waals surface area contributed by atoms with Crippen LogP contribution in [0.15, 0.2) is 24.3 Å². The molecule has 1 rings (SSSR count). The third-order valence-corrected chi connectivity index (χ3v) is 3.89. The summed E-state index contributed by atoms with van der Waals surface area (Å²) in [5.41, 5.74) is 2.39. The number of hydrogen-bond donors (Lipinski definition) is 1. The highest BCUT2D eigenvalue weighted by Gasteiger charge is 2.11. The standard InChI is InChI=1S/C14H21NOS/c1-4-9-17-12(3)14(16)15-10-13-7-5-11(2)6-8-13/h5-8,12H,4,9-10H2,1-3H3,(H,15,16). The molecular weight excluding hydrogens is 230 g/mol. The van der Waals surface area contributed by atoms with Crippen LogP contribution >= 0.6 is 11.8 Å². The fourth-order valence-electron chi connectivity index (χ4n) is 1.41. The fourth-order valence-corrected chi connectivity index (χ4v) is 2.23. The summed E-state index contributed by atoms with van der Waals surface area (Å²) in [5, 5.41) is 3.01. The predicted octanol–water partition coefficient (Wildman–Crippen LogP) is 3.14. The first-order valence-corrected chi connectivity index (χ1v) is 7.13. The molecule has 1 aromatic rings. The van der Waals surface area contributed by atoms with E-state index in [0.717, 1.165) is 17.7 Å².